The second kappa shape index (κ2) is 7.43. The number of hydrogen-bond acceptors (Lipinski definition) is 5. The van der Waals surface area contributed by atoms with Crippen LogP contribution >= 0.6 is 11.3 Å². The maximum absolute atomic E-state index is 12.5. The summed E-state index contributed by atoms with van der Waals surface area (Å²) >= 11 is 1.51. The molecule has 3 atom stereocenters. The number of carbonyl (C=O) groups is 2. The number of primary amides is 1. The van der Waals surface area contributed by atoms with E-state index in [2.05, 4.69) is 17.1 Å². The number of morpholine rings is 1. The predicted octanol–water partition coefficient (Wildman–Crippen LogP) is 2.02. The number of hydrogen-bond donors (Lipinski definition) is 2. The fourth-order valence-corrected chi connectivity index (χ4v) is 5.31. The molecule has 1 aromatic heterocycles. The maximum Gasteiger partial charge on any atom is 0.251 e. The van der Waals surface area contributed by atoms with Crippen molar-refractivity contribution in [2.75, 3.05) is 25.0 Å². The molecule has 1 fully saturated rings. The molecule has 2 heterocycles. The van der Waals surface area contributed by atoms with Crippen molar-refractivity contribution in [1.29, 1.82) is 0 Å². The van der Waals surface area contributed by atoms with Gasteiger partial charge >= 0.3 is 0 Å². The largest absolute Gasteiger partial charge is 0.373 e. The first-order chi connectivity index (χ1) is 11.8. The second-order valence-electron chi connectivity index (χ2n) is 7.42. The number of nitrogens with zero attached hydrogens (tertiary/aromatic N) is 1. The highest BCUT2D eigenvalue weighted by Gasteiger charge is 2.28. The van der Waals surface area contributed by atoms with Crippen LogP contribution in [0.25, 0.3) is 0 Å². The summed E-state index contributed by atoms with van der Waals surface area (Å²) in [4.78, 5) is 27.7. The van der Waals surface area contributed by atoms with Gasteiger partial charge < -0.3 is 15.8 Å². The maximum atomic E-state index is 12.5. The summed E-state index contributed by atoms with van der Waals surface area (Å²) in [6.45, 7) is 8.01. The van der Waals surface area contributed by atoms with Crippen LogP contribution in [0, 0.1) is 5.92 Å². The van der Waals surface area contributed by atoms with Crippen molar-refractivity contribution in [3.63, 3.8) is 0 Å². The summed E-state index contributed by atoms with van der Waals surface area (Å²) in [5, 5.41) is 3.55. The van der Waals surface area contributed by atoms with E-state index in [1.54, 1.807) is 0 Å². The number of anilines is 1. The van der Waals surface area contributed by atoms with Crippen LogP contribution in [-0.4, -0.2) is 48.6 Å². The number of carbonyl (C=O) groups excluding carboxylic acids is 2. The molecule has 3 unspecified atom stereocenters. The smallest absolute Gasteiger partial charge is 0.251 e. The van der Waals surface area contributed by atoms with Crippen LogP contribution in [0.3, 0.4) is 0 Å². The molecule has 0 aromatic carbocycles. The van der Waals surface area contributed by atoms with Gasteiger partial charge in [0.2, 0.25) is 5.91 Å². The SMILES string of the molecule is CC1CCc2c(sc(NC(=O)CN3CC(C)OC(C)C3)c2C(N)=O)C1. The molecule has 1 aliphatic carbocycles. The number of nitrogens with one attached hydrogen (secondary N) is 1. The number of thiophene rings is 1. The molecular formula is C18H27N3O3S. The van der Waals surface area contributed by atoms with Crippen LogP contribution in [0.5, 0.6) is 0 Å². The van der Waals surface area contributed by atoms with Gasteiger partial charge in [0, 0.05) is 18.0 Å². The Morgan fingerprint density at radius 2 is 1.96 bits per heavy atom. The summed E-state index contributed by atoms with van der Waals surface area (Å²) in [6.07, 6.45) is 3.11. The van der Waals surface area contributed by atoms with E-state index in [0.717, 1.165) is 37.9 Å². The molecule has 0 bridgehead atoms. The summed E-state index contributed by atoms with van der Waals surface area (Å²) < 4.78 is 5.70. The fraction of sp³-hybridized carbons (Fsp3) is 0.667. The molecule has 3 N–H and O–H groups in total. The van der Waals surface area contributed by atoms with Crippen molar-refractivity contribution in [3.8, 4) is 0 Å². The highest BCUT2D eigenvalue weighted by molar-refractivity contribution is 7.17. The number of nitrogens with two attached hydrogens (primary N) is 1. The first-order valence-electron chi connectivity index (χ1n) is 8.95. The molecule has 0 radical (unpaired) electrons. The van der Waals surface area contributed by atoms with Crippen LogP contribution in [0.4, 0.5) is 5.00 Å². The average Bonchev–Trinajstić information content (AvgIpc) is 2.82. The highest BCUT2D eigenvalue weighted by Crippen LogP contribution is 2.39. The normalized spacial score (nSPS) is 26.9. The predicted molar refractivity (Wildman–Crippen MR) is 99.1 cm³/mol. The number of fused-ring (bicyclic) bond motifs is 1. The van der Waals surface area contributed by atoms with E-state index in [4.69, 9.17) is 10.5 Å². The van der Waals surface area contributed by atoms with E-state index in [-0.39, 0.29) is 18.1 Å². The van der Waals surface area contributed by atoms with Crippen molar-refractivity contribution in [1.82, 2.24) is 4.90 Å². The molecule has 0 saturated carbocycles. The Balaban J connectivity index is 1.72. The van der Waals surface area contributed by atoms with Gasteiger partial charge in [-0.05, 0) is 44.6 Å². The second-order valence-corrected chi connectivity index (χ2v) is 8.52. The first-order valence-corrected chi connectivity index (χ1v) is 9.77. The van der Waals surface area contributed by atoms with E-state index in [1.807, 2.05) is 13.8 Å². The highest BCUT2D eigenvalue weighted by atomic mass is 32.1. The summed E-state index contributed by atoms with van der Waals surface area (Å²) in [5.41, 5.74) is 7.16. The van der Waals surface area contributed by atoms with Crippen LogP contribution in [0.2, 0.25) is 0 Å². The van der Waals surface area contributed by atoms with E-state index in [1.165, 1.54) is 16.2 Å². The third kappa shape index (κ3) is 4.22. The lowest BCUT2D eigenvalue weighted by molar-refractivity contribution is -0.121. The molecule has 0 spiro atoms. The van der Waals surface area contributed by atoms with Crippen LogP contribution < -0.4 is 11.1 Å². The minimum absolute atomic E-state index is 0.101. The minimum Gasteiger partial charge on any atom is -0.373 e. The van der Waals surface area contributed by atoms with Gasteiger partial charge in [-0.3, -0.25) is 14.5 Å². The van der Waals surface area contributed by atoms with Gasteiger partial charge in [-0.2, -0.15) is 0 Å². The molecule has 1 saturated heterocycles. The monoisotopic (exact) mass is 365 g/mol. The molecule has 6 nitrogen and oxygen atoms in total. The van der Waals surface area contributed by atoms with Crippen LogP contribution in [-0.2, 0) is 22.4 Å². The van der Waals surface area contributed by atoms with Gasteiger partial charge in [0.25, 0.3) is 5.91 Å². The molecule has 2 amide bonds. The van der Waals surface area contributed by atoms with Crippen molar-refractivity contribution >= 4 is 28.2 Å². The van der Waals surface area contributed by atoms with Gasteiger partial charge in [0.05, 0.1) is 24.3 Å². The Morgan fingerprint density at radius 1 is 1.28 bits per heavy atom. The Kier molecular flexibility index (Phi) is 5.46. The quantitative estimate of drug-likeness (QED) is 0.855. The van der Waals surface area contributed by atoms with E-state index < -0.39 is 5.91 Å². The first kappa shape index (κ1) is 18.4. The zero-order chi connectivity index (χ0) is 18.1. The van der Waals surface area contributed by atoms with Gasteiger partial charge in [0.15, 0.2) is 0 Å². The van der Waals surface area contributed by atoms with Crippen LogP contribution in [0.1, 0.15) is 48.0 Å². The Labute approximate surface area is 152 Å². The number of ether oxygens (including phenoxy) is 1. The van der Waals surface area contributed by atoms with Crippen molar-refractivity contribution in [2.45, 2.75) is 52.2 Å². The lowest BCUT2D eigenvalue weighted by Crippen LogP contribution is -2.48. The molecule has 1 aromatic rings. The molecule has 1 aliphatic heterocycles. The Morgan fingerprint density at radius 3 is 2.60 bits per heavy atom. The molecule has 138 valence electrons. The van der Waals surface area contributed by atoms with Gasteiger partial charge in [-0.25, -0.2) is 0 Å². The molecule has 3 rings (SSSR count). The fourth-order valence-electron chi connectivity index (χ4n) is 3.88. The summed E-state index contributed by atoms with van der Waals surface area (Å²) in [6, 6.07) is 0. The number of rotatable bonds is 4. The van der Waals surface area contributed by atoms with Crippen molar-refractivity contribution < 1.29 is 14.3 Å². The lowest BCUT2D eigenvalue weighted by Gasteiger charge is -2.34. The molecule has 2 aliphatic rings. The third-order valence-electron chi connectivity index (χ3n) is 4.87. The van der Waals surface area contributed by atoms with Gasteiger partial charge in [0.1, 0.15) is 5.00 Å². The van der Waals surface area contributed by atoms with E-state index in [0.29, 0.717) is 23.0 Å². The van der Waals surface area contributed by atoms with Gasteiger partial charge in [-0.15, -0.1) is 11.3 Å². The Bertz CT molecular complexity index is 663. The van der Waals surface area contributed by atoms with E-state index >= 15 is 0 Å². The molecule has 7 heteroatoms. The van der Waals surface area contributed by atoms with Crippen molar-refractivity contribution in [2.24, 2.45) is 11.7 Å². The van der Waals surface area contributed by atoms with Crippen molar-refractivity contribution in [3.05, 3.63) is 16.0 Å². The third-order valence-corrected chi connectivity index (χ3v) is 6.04. The van der Waals surface area contributed by atoms with Crippen LogP contribution in [0.15, 0.2) is 0 Å². The molecule has 25 heavy (non-hydrogen) atoms. The summed E-state index contributed by atoms with van der Waals surface area (Å²) in [5.74, 6) is 0.0539. The number of amides is 2. The zero-order valence-corrected chi connectivity index (χ0v) is 15.9. The Hall–Kier alpha value is -1.44. The standard InChI is InChI=1S/C18H27N3O3S/c1-10-4-5-13-14(6-10)25-18(16(13)17(19)23)20-15(22)9-21-7-11(2)24-12(3)8-21/h10-12H,4-9H2,1-3H3,(H2,19,23)(H,20,22). The topological polar surface area (TPSA) is 84.7 Å². The zero-order valence-electron chi connectivity index (χ0n) is 15.1. The lowest BCUT2D eigenvalue weighted by atomic mass is 9.88. The minimum atomic E-state index is -0.448. The summed E-state index contributed by atoms with van der Waals surface area (Å²) in [7, 11) is 0. The van der Waals surface area contributed by atoms with E-state index in [9.17, 15) is 9.59 Å². The molecular weight excluding hydrogens is 338 g/mol. The van der Waals surface area contributed by atoms with Gasteiger partial charge in [-0.1, -0.05) is 6.92 Å². The average molecular weight is 365 g/mol.